The summed E-state index contributed by atoms with van der Waals surface area (Å²) in [6, 6.07) is 0. The van der Waals surface area contributed by atoms with Crippen LogP contribution in [-0.2, 0) is 0 Å². The van der Waals surface area contributed by atoms with E-state index in [4.69, 9.17) is 10.2 Å². The lowest BCUT2D eigenvalue weighted by molar-refractivity contribution is 0.235. The molecule has 0 aliphatic carbocycles. The predicted molar refractivity (Wildman–Crippen MR) is 59.3 cm³/mol. The van der Waals surface area contributed by atoms with E-state index >= 15 is 0 Å². The van der Waals surface area contributed by atoms with Crippen LogP contribution in [0.25, 0.3) is 0 Å². The lowest BCUT2D eigenvalue weighted by Gasteiger charge is -2.24. The van der Waals surface area contributed by atoms with E-state index < -0.39 is 0 Å². The molecule has 0 heterocycles. The van der Waals surface area contributed by atoms with E-state index in [-0.39, 0.29) is 18.6 Å². The SMILES string of the molecule is CC(C)(CCCO)CNCCCCO. The summed E-state index contributed by atoms with van der Waals surface area (Å²) in [5.41, 5.74) is 0.266. The molecule has 0 amide bonds. The molecule has 0 saturated heterocycles. The summed E-state index contributed by atoms with van der Waals surface area (Å²) in [6.45, 7) is 6.95. The monoisotopic (exact) mass is 203 g/mol. The molecule has 0 aromatic heterocycles. The average Bonchev–Trinajstić information content (AvgIpc) is 2.15. The first-order chi connectivity index (χ1) is 6.62. The van der Waals surface area contributed by atoms with Gasteiger partial charge in [-0.1, -0.05) is 13.8 Å². The van der Waals surface area contributed by atoms with Gasteiger partial charge in [-0.3, -0.25) is 0 Å². The molecule has 0 spiro atoms. The van der Waals surface area contributed by atoms with E-state index in [0.29, 0.717) is 0 Å². The maximum atomic E-state index is 8.72. The molecule has 0 aromatic carbocycles. The number of rotatable bonds is 9. The Morgan fingerprint density at radius 2 is 1.64 bits per heavy atom. The van der Waals surface area contributed by atoms with Crippen LogP contribution in [-0.4, -0.2) is 36.5 Å². The number of unbranched alkanes of at least 4 members (excludes halogenated alkanes) is 1. The molecule has 0 saturated carbocycles. The van der Waals surface area contributed by atoms with E-state index in [1.807, 2.05) is 0 Å². The van der Waals surface area contributed by atoms with Crippen molar-refractivity contribution < 1.29 is 10.2 Å². The van der Waals surface area contributed by atoms with Crippen molar-refractivity contribution in [1.82, 2.24) is 5.32 Å². The van der Waals surface area contributed by atoms with Gasteiger partial charge in [0.05, 0.1) is 0 Å². The summed E-state index contributed by atoms with van der Waals surface area (Å²) < 4.78 is 0. The zero-order valence-corrected chi connectivity index (χ0v) is 9.55. The number of hydrogen-bond acceptors (Lipinski definition) is 3. The van der Waals surface area contributed by atoms with E-state index in [1.54, 1.807) is 0 Å². The van der Waals surface area contributed by atoms with Gasteiger partial charge in [0.15, 0.2) is 0 Å². The van der Waals surface area contributed by atoms with Crippen molar-refractivity contribution in [2.45, 2.75) is 39.5 Å². The summed E-state index contributed by atoms with van der Waals surface area (Å²) >= 11 is 0. The smallest absolute Gasteiger partial charge is 0.0431 e. The molecule has 0 radical (unpaired) electrons. The molecule has 0 aliphatic rings. The van der Waals surface area contributed by atoms with Crippen molar-refractivity contribution in [1.29, 1.82) is 0 Å². The minimum absolute atomic E-state index is 0.266. The minimum atomic E-state index is 0.266. The largest absolute Gasteiger partial charge is 0.396 e. The van der Waals surface area contributed by atoms with Crippen molar-refractivity contribution in [2.24, 2.45) is 5.41 Å². The highest BCUT2D eigenvalue weighted by atomic mass is 16.3. The van der Waals surface area contributed by atoms with Crippen molar-refractivity contribution in [3.8, 4) is 0 Å². The highest BCUT2D eigenvalue weighted by Gasteiger charge is 2.15. The fraction of sp³-hybridized carbons (Fsp3) is 1.00. The Balaban J connectivity index is 3.35. The van der Waals surface area contributed by atoms with Crippen LogP contribution in [0.2, 0.25) is 0 Å². The molecule has 3 nitrogen and oxygen atoms in total. The van der Waals surface area contributed by atoms with E-state index in [0.717, 1.165) is 38.8 Å². The van der Waals surface area contributed by atoms with Crippen LogP contribution in [0.15, 0.2) is 0 Å². The minimum Gasteiger partial charge on any atom is -0.396 e. The number of hydrogen-bond donors (Lipinski definition) is 3. The fourth-order valence-corrected chi connectivity index (χ4v) is 1.43. The lowest BCUT2D eigenvalue weighted by Crippen LogP contribution is -2.30. The summed E-state index contributed by atoms with van der Waals surface area (Å²) in [7, 11) is 0. The molecule has 86 valence electrons. The van der Waals surface area contributed by atoms with Crippen molar-refractivity contribution >= 4 is 0 Å². The molecule has 0 bridgehead atoms. The van der Waals surface area contributed by atoms with Gasteiger partial charge >= 0.3 is 0 Å². The van der Waals surface area contributed by atoms with Gasteiger partial charge in [-0.25, -0.2) is 0 Å². The molecule has 14 heavy (non-hydrogen) atoms. The molecule has 0 rings (SSSR count). The molecule has 0 unspecified atom stereocenters. The van der Waals surface area contributed by atoms with Crippen LogP contribution in [0.1, 0.15) is 39.5 Å². The van der Waals surface area contributed by atoms with E-state index in [1.165, 1.54) is 0 Å². The Morgan fingerprint density at radius 1 is 1.00 bits per heavy atom. The van der Waals surface area contributed by atoms with Crippen LogP contribution in [0.4, 0.5) is 0 Å². The molecule has 0 fully saturated rings. The van der Waals surface area contributed by atoms with Gasteiger partial charge < -0.3 is 15.5 Å². The van der Waals surface area contributed by atoms with Crippen LogP contribution < -0.4 is 5.32 Å². The molecular weight excluding hydrogens is 178 g/mol. The molecular formula is C11H25NO2. The van der Waals surface area contributed by atoms with Gasteiger partial charge in [-0.05, 0) is 37.6 Å². The quantitative estimate of drug-likeness (QED) is 0.493. The van der Waals surface area contributed by atoms with Gasteiger partial charge in [0.1, 0.15) is 0 Å². The molecule has 3 N–H and O–H groups in total. The first-order valence-electron chi connectivity index (χ1n) is 5.55. The van der Waals surface area contributed by atoms with Gasteiger partial charge in [0.25, 0.3) is 0 Å². The topological polar surface area (TPSA) is 52.5 Å². The Morgan fingerprint density at radius 3 is 2.21 bits per heavy atom. The fourth-order valence-electron chi connectivity index (χ4n) is 1.43. The van der Waals surface area contributed by atoms with Gasteiger partial charge in [-0.2, -0.15) is 0 Å². The highest BCUT2D eigenvalue weighted by Crippen LogP contribution is 2.20. The second-order valence-corrected chi connectivity index (χ2v) is 4.60. The van der Waals surface area contributed by atoms with Gasteiger partial charge in [0, 0.05) is 19.8 Å². The third-order valence-corrected chi connectivity index (χ3v) is 2.38. The first kappa shape index (κ1) is 13.9. The standard InChI is InChI=1S/C11H25NO2/c1-11(2,6-5-9-14)10-12-7-3-4-8-13/h12-14H,3-10H2,1-2H3. The second kappa shape index (κ2) is 8.21. The average molecular weight is 203 g/mol. The number of aliphatic hydroxyl groups excluding tert-OH is 2. The third-order valence-electron chi connectivity index (χ3n) is 2.38. The van der Waals surface area contributed by atoms with Crippen LogP contribution in [0.3, 0.4) is 0 Å². The molecule has 0 atom stereocenters. The molecule has 3 heteroatoms. The third kappa shape index (κ3) is 8.48. The first-order valence-corrected chi connectivity index (χ1v) is 5.55. The van der Waals surface area contributed by atoms with Crippen LogP contribution in [0, 0.1) is 5.41 Å². The van der Waals surface area contributed by atoms with Crippen molar-refractivity contribution in [3.05, 3.63) is 0 Å². The van der Waals surface area contributed by atoms with Gasteiger partial charge in [0.2, 0.25) is 0 Å². The Labute approximate surface area is 87.5 Å². The maximum Gasteiger partial charge on any atom is 0.0431 e. The zero-order valence-electron chi connectivity index (χ0n) is 9.55. The molecule has 0 aliphatic heterocycles. The number of aliphatic hydroxyl groups is 2. The summed E-state index contributed by atoms with van der Waals surface area (Å²) in [5.74, 6) is 0. The predicted octanol–water partition coefficient (Wildman–Crippen LogP) is 1.15. The van der Waals surface area contributed by atoms with E-state index in [2.05, 4.69) is 19.2 Å². The van der Waals surface area contributed by atoms with Crippen LogP contribution in [0.5, 0.6) is 0 Å². The second-order valence-electron chi connectivity index (χ2n) is 4.60. The Hall–Kier alpha value is -0.120. The zero-order chi connectivity index (χ0) is 10.9. The summed E-state index contributed by atoms with van der Waals surface area (Å²) in [6.07, 6.45) is 3.85. The summed E-state index contributed by atoms with van der Waals surface area (Å²) in [4.78, 5) is 0. The highest BCUT2D eigenvalue weighted by molar-refractivity contribution is 4.71. The maximum absolute atomic E-state index is 8.72. The summed E-state index contributed by atoms with van der Waals surface area (Å²) in [5, 5.41) is 20.7. The number of nitrogens with one attached hydrogen (secondary N) is 1. The van der Waals surface area contributed by atoms with Crippen molar-refractivity contribution in [3.63, 3.8) is 0 Å². The van der Waals surface area contributed by atoms with Gasteiger partial charge in [-0.15, -0.1) is 0 Å². The van der Waals surface area contributed by atoms with Crippen molar-refractivity contribution in [2.75, 3.05) is 26.3 Å². The molecule has 0 aromatic rings. The van der Waals surface area contributed by atoms with E-state index in [9.17, 15) is 0 Å². The van der Waals surface area contributed by atoms with Crippen LogP contribution >= 0.6 is 0 Å². The normalized spacial score (nSPS) is 12.0. The Bertz CT molecular complexity index is 126. The Kier molecular flexibility index (Phi) is 8.14. The lowest BCUT2D eigenvalue weighted by atomic mass is 9.88.